The van der Waals surface area contributed by atoms with E-state index in [2.05, 4.69) is 20.8 Å². The fraction of sp³-hybridized carbons (Fsp3) is 0.500. The van der Waals surface area contributed by atoms with E-state index in [1.807, 2.05) is 45.0 Å². The first-order valence-corrected chi connectivity index (χ1v) is 8.66. The summed E-state index contributed by atoms with van der Waals surface area (Å²) in [6.07, 6.45) is 2.13. The van der Waals surface area contributed by atoms with Crippen molar-refractivity contribution in [3.8, 4) is 11.5 Å². The Morgan fingerprint density at radius 2 is 2.00 bits per heavy atom. The van der Waals surface area contributed by atoms with Gasteiger partial charge in [-0.05, 0) is 44.0 Å². The van der Waals surface area contributed by atoms with E-state index in [0.29, 0.717) is 17.4 Å². The van der Waals surface area contributed by atoms with Gasteiger partial charge in [0.2, 0.25) is 0 Å². The number of rotatable bonds is 5. The zero-order chi connectivity index (χ0) is 17.8. The highest BCUT2D eigenvalue weighted by molar-refractivity contribution is 5.89. The van der Waals surface area contributed by atoms with Gasteiger partial charge in [-0.3, -0.25) is 0 Å². The van der Waals surface area contributed by atoms with Crippen molar-refractivity contribution in [3.05, 3.63) is 30.1 Å². The van der Waals surface area contributed by atoms with Crippen molar-refractivity contribution >= 4 is 11.7 Å². The minimum Gasteiger partial charge on any atom is -0.376 e. The number of anilines is 1. The lowest BCUT2D eigenvalue weighted by molar-refractivity contribution is 0.0868. The molecule has 3 rings (SSSR count). The summed E-state index contributed by atoms with van der Waals surface area (Å²) in [6.45, 7) is 6.75. The number of carbonyl (C=O) groups is 1. The average molecular weight is 344 g/mol. The molecular formula is C18H24N4O3. The number of aromatic nitrogens is 2. The Labute approximate surface area is 147 Å². The molecule has 1 aromatic heterocycles. The molecular weight excluding hydrogens is 320 g/mol. The minimum atomic E-state index is -0.240. The normalized spacial score (nSPS) is 18.3. The molecule has 0 saturated carbocycles. The molecule has 2 unspecified atom stereocenters. The lowest BCUT2D eigenvalue weighted by Gasteiger charge is -2.20. The van der Waals surface area contributed by atoms with Crippen LogP contribution < -0.4 is 10.6 Å². The summed E-state index contributed by atoms with van der Waals surface area (Å²) < 4.78 is 10.9. The maximum absolute atomic E-state index is 12.1. The molecule has 1 aromatic carbocycles. The Balaban J connectivity index is 1.57. The maximum Gasteiger partial charge on any atom is 0.319 e. The van der Waals surface area contributed by atoms with E-state index in [0.717, 1.165) is 25.0 Å². The molecule has 1 aliphatic heterocycles. The van der Waals surface area contributed by atoms with E-state index in [-0.39, 0.29) is 24.1 Å². The second kappa shape index (κ2) is 7.65. The predicted molar refractivity (Wildman–Crippen MR) is 94.4 cm³/mol. The standard InChI is InChI=1S/C18H24N4O3/c1-11(2)16-21-17(25-22-16)13-6-8-14(9-7-13)20-18(23)19-12(3)15-5-4-10-24-15/h6-9,11-12,15H,4-5,10H2,1-3H3,(H2,19,20,23). The van der Waals surface area contributed by atoms with Crippen molar-refractivity contribution in [2.75, 3.05) is 11.9 Å². The first-order valence-electron chi connectivity index (χ1n) is 8.66. The summed E-state index contributed by atoms with van der Waals surface area (Å²) in [6, 6.07) is 7.05. The van der Waals surface area contributed by atoms with Crippen molar-refractivity contribution in [3.63, 3.8) is 0 Å². The number of amides is 2. The van der Waals surface area contributed by atoms with Crippen LogP contribution in [0.4, 0.5) is 10.5 Å². The highest BCUT2D eigenvalue weighted by Gasteiger charge is 2.23. The lowest BCUT2D eigenvalue weighted by atomic mass is 10.1. The second-order valence-electron chi connectivity index (χ2n) is 6.63. The minimum absolute atomic E-state index is 0.0189. The van der Waals surface area contributed by atoms with Crippen LogP contribution in [0, 0.1) is 0 Å². The van der Waals surface area contributed by atoms with Gasteiger partial charge in [0.25, 0.3) is 5.89 Å². The van der Waals surface area contributed by atoms with Gasteiger partial charge in [0.1, 0.15) is 0 Å². The van der Waals surface area contributed by atoms with Gasteiger partial charge in [-0.2, -0.15) is 4.98 Å². The Hall–Kier alpha value is -2.41. The molecule has 0 aliphatic carbocycles. The highest BCUT2D eigenvalue weighted by Crippen LogP contribution is 2.22. The molecule has 2 heterocycles. The molecule has 1 saturated heterocycles. The van der Waals surface area contributed by atoms with Gasteiger partial charge >= 0.3 is 6.03 Å². The molecule has 2 aromatic rings. The first kappa shape index (κ1) is 17.4. The van der Waals surface area contributed by atoms with Crippen molar-refractivity contribution < 1.29 is 14.1 Å². The number of ether oxygens (including phenoxy) is 1. The van der Waals surface area contributed by atoms with E-state index in [1.54, 1.807) is 0 Å². The van der Waals surface area contributed by atoms with Crippen LogP contribution in [-0.2, 0) is 4.74 Å². The SMILES string of the molecule is CC(C)c1noc(-c2ccc(NC(=O)NC(C)C3CCCO3)cc2)n1. The van der Waals surface area contributed by atoms with Crippen molar-refractivity contribution in [2.24, 2.45) is 0 Å². The third-order valence-corrected chi connectivity index (χ3v) is 4.23. The molecule has 2 N–H and O–H groups in total. The molecule has 2 atom stereocenters. The van der Waals surface area contributed by atoms with Gasteiger partial charge in [0.15, 0.2) is 5.82 Å². The Kier molecular flexibility index (Phi) is 5.33. The van der Waals surface area contributed by atoms with Crippen molar-refractivity contribution in [2.45, 2.75) is 51.7 Å². The van der Waals surface area contributed by atoms with Gasteiger partial charge < -0.3 is 19.9 Å². The van der Waals surface area contributed by atoms with E-state index >= 15 is 0 Å². The van der Waals surface area contributed by atoms with Crippen molar-refractivity contribution in [1.29, 1.82) is 0 Å². The number of hydrogen-bond donors (Lipinski definition) is 2. The topological polar surface area (TPSA) is 89.3 Å². The summed E-state index contributed by atoms with van der Waals surface area (Å²) in [4.78, 5) is 16.5. The summed E-state index contributed by atoms with van der Waals surface area (Å²) in [7, 11) is 0. The molecule has 2 amide bonds. The number of urea groups is 1. The Morgan fingerprint density at radius 3 is 2.60 bits per heavy atom. The van der Waals surface area contributed by atoms with Crippen LogP contribution in [0.15, 0.2) is 28.8 Å². The molecule has 0 bridgehead atoms. The largest absolute Gasteiger partial charge is 0.376 e. The lowest BCUT2D eigenvalue weighted by Crippen LogP contribution is -2.42. The van der Waals surface area contributed by atoms with Gasteiger partial charge in [-0.1, -0.05) is 19.0 Å². The van der Waals surface area contributed by atoms with Gasteiger partial charge in [0.05, 0.1) is 12.1 Å². The average Bonchev–Trinajstić information content (AvgIpc) is 3.27. The molecule has 134 valence electrons. The summed E-state index contributed by atoms with van der Waals surface area (Å²) >= 11 is 0. The molecule has 25 heavy (non-hydrogen) atoms. The molecule has 7 nitrogen and oxygen atoms in total. The first-order chi connectivity index (χ1) is 12.0. The second-order valence-corrected chi connectivity index (χ2v) is 6.63. The highest BCUT2D eigenvalue weighted by atomic mass is 16.5. The third-order valence-electron chi connectivity index (χ3n) is 4.23. The summed E-state index contributed by atoms with van der Waals surface area (Å²) in [5, 5.41) is 9.70. The van der Waals surface area contributed by atoms with Crippen molar-refractivity contribution in [1.82, 2.24) is 15.5 Å². The van der Waals surface area contributed by atoms with Gasteiger partial charge in [-0.15, -0.1) is 0 Å². The van der Waals surface area contributed by atoms with Crippen LogP contribution in [-0.4, -0.2) is 34.9 Å². The number of hydrogen-bond acceptors (Lipinski definition) is 5. The summed E-state index contributed by atoms with van der Waals surface area (Å²) in [5.41, 5.74) is 1.52. The van der Waals surface area contributed by atoms with E-state index < -0.39 is 0 Å². The zero-order valence-corrected chi connectivity index (χ0v) is 14.8. The van der Waals surface area contributed by atoms with E-state index in [9.17, 15) is 4.79 Å². The molecule has 0 spiro atoms. The number of carbonyl (C=O) groups excluding carboxylic acids is 1. The van der Waals surface area contributed by atoms with Crippen LogP contribution in [0.2, 0.25) is 0 Å². The van der Waals surface area contributed by atoms with Crippen LogP contribution in [0.1, 0.15) is 45.4 Å². The smallest absolute Gasteiger partial charge is 0.319 e. The zero-order valence-electron chi connectivity index (χ0n) is 14.8. The fourth-order valence-electron chi connectivity index (χ4n) is 2.75. The Morgan fingerprint density at radius 1 is 1.24 bits per heavy atom. The number of nitrogens with one attached hydrogen (secondary N) is 2. The predicted octanol–water partition coefficient (Wildman–Crippen LogP) is 3.55. The van der Waals surface area contributed by atoms with Crippen LogP contribution in [0.3, 0.4) is 0 Å². The van der Waals surface area contributed by atoms with Crippen LogP contribution in [0.25, 0.3) is 11.5 Å². The summed E-state index contributed by atoms with van der Waals surface area (Å²) in [5.74, 6) is 1.37. The molecule has 0 radical (unpaired) electrons. The fourth-order valence-corrected chi connectivity index (χ4v) is 2.75. The number of nitrogens with zero attached hydrogens (tertiary/aromatic N) is 2. The third kappa shape index (κ3) is 4.36. The van der Waals surface area contributed by atoms with E-state index in [4.69, 9.17) is 9.26 Å². The molecule has 1 fully saturated rings. The number of benzene rings is 1. The van der Waals surface area contributed by atoms with E-state index in [1.165, 1.54) is 0 Å². The van der Waals surface area contributed by atoms with Crippen LogP contribution in [0.5, 0.6) is 0 Å². The van der Waals surface area contributed by atoms with Crippen LogP contribution >= 0.6 is 0 Å². The maximum atomic E-state index is 12.1. The monoisotopic (exact) mass is 344 g/mol. The van der Waals surface area contributed by atoms with Gasteiger partial charge in [0, 0.05) is 23.8 Å². The Bertz CT molecular complexity index is 705. The van der Waals surface area contributed by atoms with Gasteiger partial charge in [-0.25, -0.2) is 4.79 Å². The molecule has 1 aliphatic rings. The molecule has 7 heteroatoms. The quantitative estimate of drug-likeness (QED) is 0.866.